The normalized spacial score (nSPS) is 17.5. The first-order chi connectivity index (χ1) is 12.1. The number of benzene rings is 1. The van der Waals surface area contributed by atoms with Crippen molar-refractivity contribution >= 4 is 31.8 Å². The predicted octanol–water partition coefficient (Wildman–Crippen LogP) is 0.921. The van der Waals surface area contributed by atoms with E-state index in [9.17, 15) is 21.6 Å². The van der Waals surface area contributed by atoms with E-state index in [-0.39, 0.29) is 25.9 Å². The number of amides is 1. The van der Waals surface area contributed by atoms with Crippen molar-refractivity contribution in [1.82, 2.24) is 9.62 Å². The van der Waals surface area contributed by atoms with Crippen LogP contribution in [-0.4, -0.2) is 58.2 Å². The van der Waals surface area contributed by atoms with E-state index in [0.717, 1.165) is 16.5 Å². The Bertz CT molecular complexity index is 866. The van der Waals surface area contributed by atoms with E-state index in [2.05, 4.69) is 5.32 Å². The molecule has 7 nitrogen and oxygen atoms in total. The van der Waals surface area contributed by atoms with Crippen molar-refractivity contribution in [2.75, 3.05) is 25.9 Å². The van der Waals surface area contributed by atoms with Gasteiger partial charge in [-0.1, -0.05) is 29.8 Å². The number of sulfone groups is 1. The molecule has 1 aromatic carbocycles. The highest BCUT2D eigenvalue weighted by Crippen LogP contribution is 2.21. The molecule has 1 amide bonds. The van der Waals surface area contributed by atoms with Gasteiger partial charge in [-0.3, -0.25) is 4.79 Å². The van der Waals surface area contributed by atoms with Gasteiger partial charge in [0.2, 0.25) is 15.9 Å². The Morgan fingerprint density at radius 2 is 1.73 bits per heavy atom. The number of hydrogen-bond acceptors (Lipinski definition) is 5. The molecule has 0 saturated carbocycles. The summed E-state index contributed by atoms with van der Waals surface area (Å²) in [6.07, 6.45) is 1.91. The van der Waals surface area contributed by atoms with Crippen LogP contribution < -0.4 is 5.32 Å². The minimum absolute atomic E-state index is 0.123. The third kappa shape index (κ3) is 5.39. The maximum atomic E-state index is 12.4. The van der Waals surface area contributed by atoms with Gasteiger partial charge in [-0.15, -0.1) is 0 Å². The molecule has 0 bridgehead atoms. The molecular formula is C17H24N2O5S2. The van der Waals surface area contributed by atoms with Gasteiger partial charge < -0.3 is 5.32 Å². The zero-order valence-electron chi connectivity index (χ0n) is 14.9. The summed E-state index contributed by atoms with van der Waals surface area (Å²) in [6.45, 7) is 2.20. The standard InChI is InChI=1S/C17H24N2O5S2/c1-14-3-5-15(6-4-14)9-12-26(23,24)19-10-7-16(8-11-19)25(21,22)13-17(20)18-2/h3-6,9,12,16H,7-8,10-11,13H2,1-2H3,(H,18,20)/b12-9+. The van der Waals surface area contributed by atoms with Crippen LogP contribution in [0.4, 0.5) is 0 Å². The van der Waals surface area contributed by atoms with Crippen molar-refractivity contribution in [3.05, 3.63) is 40.8 Å². The number of carbonyl (C=O) groups excluding carboxylic acids is 1. The van der Waals surface area contributed by atoms with Crippen LogP contribution in [0.3, 0.4) is 0 Å². The lowest BCUT2D eigenvalue weighted by Crippen LogP contribution is -2.43. The number of sulfonamides is 1. The fourth-order valence-corrected chi connectivity index (χ4v) is 5.64. The third-order valence-electron chi connectivity index (χ3n) is 4.39. The molecule has 1 heterocycles. The lowest BCUT2D eigenvalue weighted by Gasteiger charge is -2.29. The van der Waals surface area contributed by atoms with E-state index in [1.54, 1.807) is 0 Å². The van der Waals surface area contributed by atoms with Crippen LogP contribution >= 0.6 is 0 Å². The van der Waals surface area contributed by atoms with Gasteiger partial charge in [0.25, 0.3) is 0 Å². The van der Waals surface area contributed by atoms with Gasteiger partial charge in [-0.05, 0) is 31.4 Å². The van der Waals surface area contributed by atoms with Crippen molar-refractivity contribution in [1.29, 1.82) is 0 Å². The SMILES string of the molecule is CNC(=O)CS(=O)(=O)C1CCN(S(=O)(=O)/C=C/c2ccc(C)cc2)CC1. The largest absolute Gasteiger partial charge is 0.358 e. The number of carbonyl (C=O) groups is 1. The van der Waals surface area contributed by atoms with Crippen LogP contribution in [0.15, 0.2) is 29.7 Å². The molecule has 0 unspecified atom stereocenters. The fraction of sp³-hybridized carbons (Fsp3) is 0.471. The highest BCUT2D eigenvalue weighted by Gasteiger charge is 2.34. The van der Waals surface area contributed by atoms with Crippen LogP contribution in [0.2, 0.25) is 0 Å². The number of aryl methyl sites for hydroxylation is 1. The molecule has 1 aromatic rings. The fourth-order valence-electron chi connectivity index (χ4n) is 2.75. The maximum absolute atomic E-state index is 12.4. The van der Waals surface area contributed by atoms with Gasteiger partial charge in [0, 0.05) is 25.5 Å². The van der Waals surface area contributed by atoms with E-state index >= 15 is 0 Å². The lowest BCUT2D eigenvalue weighted by atomic mass is 10.2. The predicted molar refractivity (Wildman–Crippen MR) is 102 cm³/mol. The first-order valence-electron chi connectivity index (χ1n) is 8.31. The summed E-state index contributed by atoms with van der Waals surface area (Å²) in [5.74, 6) is -1.12. The summed E-state index contributed by atoms with van der Waals surface area (Å²) in [5, 5.41) is 2.76. The molecule has 1 saturated heterocycles. The lowest BCUT2D eigenvalue weighted by molar-refractivity contribution is -0.118. The summed E-state index contributed by atoms with van der Waals surface area (Å²) < 4.78 is 50.6. The summed E-state index contributed by atoms with van der Waals surface area (Å²) in [6, 6.07) is 7.46. The smallest absolute Gasteiger partial charge is 0.236 e. The van der Waals surface area contributed by atoms with Crippen LogP contribution in [0.5, 0.6) is 0 Å². The second kappa shape index (κ2) is 8.32. The van der Waals surface area contributed by atoms with E-state index in [1.807, 2.05) is 31.2 Å². The Balaban J connectivity index is 1.99. The van der Waals surface area contributed by atoms with Gasteiger partial charge in [-0.2, -0.15) is 4.31 Å². The average molecular weight is 401 g/mol. The van der Waals surface area contributed by atoms with E-state index < -0.39 is 36.8 Å². The van der Waals surface area contributed by atoms with Gasteiger partial charge in [0.05, 0.1) is 5.25 Å². The van der Waals surface area contributed by atoms with E-state index in [0.29, 0.717) is 0 Å². The summed E-state index contributed by atoms with van der Waals surface area (Å²) in [4.78, 5) is 11.3. The highest BCUT2D eigenvalue weighted by atomic mass is 32.2. The molecule has 0 aromatic heterocycles. The van der Waals surface area contributed by atoms with Crippen LogP contribution in [0.1, 0.15) is 24.0 Å². The van der Waals surface area contributed by atoms with Gasteiger partial charge >= 0.3 is 0 Å². The number of hydrogen-bond donors (Lipinski definition) is 1. The van der Waals surface area contributed by atoms with Crippen molar-refractivity contribution in [2.45, 2.75) is 25.0 Å². The van der Waals surface area contributed by atoms with Crippen LogP contribution in [0, 0.1) is 6.92 Å². The van der Waals surface area contributed by atoms with Gasteiger partial charge in [-0.25, -0.2) is 16.8 Å². The van der Waals surface area contributed by atoms with Crippen molar-refractivity contribution in [3.8, 4) is 0 Å². The molecular weight excluding hydrogens is 376 g/mol. The molecule has 1 N–H and O–H groups in total. The number of piperidine rings is 1. The third-order valence-corrected chi connectivity index (χ3v) is 8.11. The van der Waals surface area contributed by atoms with Crippen LogP contribution in [-0.2, 0) is 24.7 Å². The summed E-state index contributed by atoms with van der Waals surface area (Å²) in [7, 11) is -5.80. The van der Waals surface area contributed by atoms with Crippen molar-refractivity contribution < 1.29 is 21.6 Å². The number of nitrogens with zero attached hydrogens (tertiary/aromatic N) is 1. The zero-order valence-corrected chi connectivity index (χ0v) is 16.5. The Morgan fingerprint density at radius 3 is 2.27 bits per heavy atom. The molecule has 1 fully saturated rings. The van der Waals surface area contributed by atoms with Crippen LogP contribution in [0.25, 0.3) is 6.08 Å². The monoisotopic (exact) mass is 400 g/mol. The first kappa shape index (κ1) is 20.6. The number of rotatable bonds is 6. The van der Waals surface area contributed by atoms with E-state index in [4.69, 9.17) is 0 Å². The molecule has 0 aliphatic carbocycles. The second-order valence-corrected chi connectivity index (χ2v) is 10.4. The zero-order chi connectivity index (χ0) is 19.4. The molecule has 2 rings (SSSR count). The molecule has 0 radical (unpaired) electrons. The van der Waals surface area contributed by atoms with Crippen molar-refractivity contribution in [3.63, 3.8) is 0 Å². The van der Waals surface area contributed by atoms with E-state index in [1.165, 1.54) is 17.4 Å². The molecule has 1 aliphatic rings. The summed E-state index contributed by atoms with van der Waals surface area (Å²) in [5.41, 5.74) is 1.87. The maximum Gasteiger partial charge on any atom is 0.236 e. The van der Waals surface area contributed by atoms with Gasteiger partial charge in [0.1, 0.15) is 5.75 Å². The topological polar surface area (TPSA) is 101 Å². The quantitative estimate of drug-likeness (QED) is 0.765. The Labute approximate surface area is 155 Å². The minimum atomic E-state index is -3.61. The average Bonchev–Trinajstić information content (AvgIpc) is 2.61. The Kier molecular flexibility index (Phi) is 6.59. The highest BCUT2D eigenvalue weighted by molar-refractivity contribution is 7.93. The van der Waals surface area contributed by atoms with Crippen molar-refractivity contribution in [2.24, 2.45) is 0 Å². The number of nitrogens with one attached hydrogen (secondary N) is 1. The molecule has 9 heteroatoms. The molecule has 26 heavy (non-hydrogen) atoms. The molecule has 0 atom stereocenters. The Morgan fingerprint density at radius 1 is 1.15 bits per heavy atom. The first-order valence-corrected chi connectivity index (χ1v) is 11.5. The minimum Gasteiger partial charge on any atom is -0.358 e. The van der Waals surface area contributed by atoms with Gasteiger partial charge in [0.15, 0.2) is 9.84 Å². The second-order valence-electron chi connectivity index (χ2n) is 6.34. The molecule has 0 spiro atoms. The summed E-state index contributed by atoms with van der Waals surface area (Å²) >= 11 is 0. The Hall–Kier alpha value is -1.71. The molecule has 1 aliphatic heterocycles. The molecule has 144 valence electrons.